The molecule has 2 aromatic carbocycles. The number of benzene rings is 2. The largest absolute Gasteiger partial charge is 0.385 e. The molecule has 1 aliphatic rings. The number of fused-ring (bicyclic) bond motifs is 1. The maximum Gasteiger partial charge on any atom is 0.319 e. The zero-order chi connectivity index (χ0) is 16.8. The third kappa shape index (κ3) is 4.26. The molecule has 2 aromatic rings. The fourth-order valence-electron chi connectivity index (χ4n) is 2.62. The lowest BCUT2D eigenvalue weighted by molar-refractivity contribution is 0.134. The molecule has 1 aliphatic heterocycles. The van der Waals surface area contributed by atoms with Crippen LogP contribution in [-0.4, -0.2) is 12.6 Å². The number of hydrogen-bond donors (Lipinski definition) is 3. The lowest BCUT2D eigenvalue weighted by Crippen LogP contribution is -2.28. The van der Waals surface area contributed by atoms with Gasteiger partial charge in [-0.15, -0.1) is 0 Å². The fraction of sp³-hybridized carbons (Fsp3) is 0.316. The summed E-state index contributed by atoms with van der Waals surface area (Å²) in [6, 6.07) is 13.8. The predicted molar refractivity (Wildman–Crippen MR) is 96.0 cm³/mol. The molecule has 0 saturated carbocycles. The SMILES string of the molecule is CCCNc1ccc(CNC(=O)Nc2ccc3c(c2)COC3)cc1. The van der Waals surface area contributed by atoms with Crippen LogP contribution in [0, 0.1) is 0 Å². The number of nitrogens with one attached hydrogen (secondary N) is 3. The standard InChI is InChI=1S/C19H23N3O2/c1-2-9-20-17-6-3-14(4-7-17)11-21-19(23)22-18-8-5-15-12-24-13-16(15)10-18/h3-8,10,20H,2,9,11-13H2,1H3,(H2,21,22,23). The van der Waals surface area contributed by atoms with Crippen LogP contribution in [0.3, 0.4) is 0 Å². The van der Waals surface area contributed by atoms with E-state index in [1.54, 1.807) is 0 Å². The molecule has 2 amide bonds. The Bertz CT molecular complexity index is 698. The highest BCUT2D eigenvalue weighted by Gasteiger charge is 2.12. The van der Waals surface area contributed by atoms with Crippen LogP contribution in [0.4, 0.5) is 16.2 Å². The Morgan fingerprint density at radius 3 is 2.58 bits per heavy atom. The van der Waals surface area contributed by atoms with Crippen molar-refractivity contribution in [2.75, 3.05) is 17.2 Å². The minimum Gasteiger partial charge on any atom is -0.385 e. The molecule has 0 spiro atoms. The fourth-order valence-corrected chi connectivity index (χ4v) is 2.62. The van der Waals surface area contributed by atoms with Crippen LogP contribution in [0.1, 0.15) is 30.0 Å². The highest BCUT2D eigenvalue weighted by molar-refractivity contribution is 5.89. The van der Waals surface area contributed by atoms with Crippen molar-refractivity contribution in [3.05, 3.63) is 59.2 Å². The molecule has 0 saturated heterocycles. The number of carbonyl (C=O) groups is 1. The Hall–Kier alpha value is -2.53. The van der Waals surface area contributed by atoms with E-state index in [2.05, 4.69) is 22.9 Å². The Kier molecular flexibility index (Phi) is 5.33. The summed E-state index contributed by atoms with van der Waals surface area (Å²) < 4.78 is 5.38. The van der Waals surface area contributed by atoms with Gasteiger partial charge in [-0.3, -0.25) is 0 Å². The first kappa shape index (κ1) is 16.3. The Morgan fingerprint density at radius 2 is 1.79 bits per heavy atom. The molecule has 3 rings (SSSR count). The molecule has 126 valence electrons. The number of carbonyl (C=O) groups excluding carboxylic acids is 1. The molecule has 0 fully saturated rings. The number of urea groups is 1. The second-order valence-electron chi connectivity index (χ2n) is 5.91. The van der Waals surface area contributed by atoms with Gasteiger partial charge in [-0.2, -0.15) is 0 Å². The van der Waals surface area contributed by atoms with E-state index >= 15 is 0 Å². The Balaban J connectivity index is 1.48. The molecule has 0 aliphatic carbocycles. The van der Waals surface area contributed by atoms with E-state index in [9.17, 15) is 4.79 Å². The van der Waals surface area contributed by atoms with Crippen LogP contribution in [0.25, 0.3) is 0 Å². The zero-order valence-corrected chi connectivity index (χ0v) is 13.9. The van der Waals surface area contributed by atoms with E-state index in [1.165, 1.54) is 5.56 Å². The summed E-state index contributed by atoms with van der Waals surface area (Å²) in [5.74, 6) is 0. The van der Waals surface area contributed by atoms with Crippen molar-refractivity contribution in [1.29, 1.82) is 0 Å². The van der Waals surface area contributed by atoms with E-state index in [4.69, 9.17) is 4.74 Å². The van der Waals surface area contributed by atoms with Gasteiger partial charge in [0.05, 0.1) is 13.2 Å². The highest BCUT2D eigenvalue weighted by atomic mass is 16.5. The Labute approximate surface area is 142 Å². The van der Waals surface area contributed by atoms with Gasteiger partial charge in [0.1, 0.15) is 0 Å². The zero-order valence-electron chi connectivity index (χ0n) is 13.9. The first-order valence-electron chi connectivity index (χ1n) is 8.32. The normalized spacial score (nSPS) is 12.5. The van der Waals surface area contributed by atoms with Gasteiger partial charge in [-0.25, -0.2) is 4.79 Å². The van der Waals surface area contributed by atoms with Gasteiger partial charge in [-0.1, -0.05) is 25.1 Å². The van der Waals surface area contributed by atoms with Gasteiger partial charge in [0, 0.05) is 24.5 Å². The van der Waals surface area contributed by atoms with Crippen LogP contribution in [0.15, 0.2) is 42.5 Å². The molecule has 0 atom stereocenters. The quantitative estimate of drug-likeness (QED) is 0.756. The molecule has 0 bridgehead atoms. The number of amides is 2. The smallest absolute Gasteiger partial charge is 0.319 e. The van der Waals surface area contributed by atoms with Crippen molar-refractivity contribution >= 4 is 17.4 Å². The van der Waals surface area contributed by atoms with Crippen LogP contribution >= 0.6 is 0 Å². The van der Waals surface area contributed by atoms with E-state index in [0.29, 0.717) is 19.8 Å². The van der Waals surface area contributed by atoms with Crippen molar-refractivity contribution in [3.63, 3.8) is 0 Å². The van der Waals surface area contributed by atoms with Gasteiger partial charge >= 0.3 is 6.03 Å². The van der Waals surface area contributed by atoms with Crippen molar-refractivity contribution < 1.29 is 9.53 Å². The summed E-state index contributed by atoms with van der Waals surface area (Å²) >= 11 is 0. The minimum absolute atomic E-state index is 0.206. The number of ether oxygens (including phenoxy) is 1. The summed E-state index contributed by atoms with van der Waals surface area (Å²) in [5.41, 5.74) is 5.29. The molecule has 24 heavy (non-hydrogen) atoms. The average Bonchev–Trinajstić information content (AvgIpc) is 3.07. The minimum atomic E-state index is -0.206. The molecular weight excluding hydrogens is 302 g/mol. The maximum absolute atomic E-state index is 12.0. The van der Waals surface area contributed by atoms with Crippen LogP contribution < -0.4 is 16.0 Å². The number of anilines is 2. The second kappa shape index (κ2) is 7.84. The topological polar surface area (TPSA) is 62.4 Å². The molecule has 3 N–H and O–H groups in total. The molecule has 5 nitrogen and oxygen atoms in total. The lowest BCUT2D eigenvalue weighted by atomic mass is 10.1. The Morgan fingerprint density at radius 1 is 1.04 bits per heavy atom. The van der Waals surface area contributed by atoms with Gasteiger partial charge < -0.3 is 20.7 Å². The van der Waals surface area contributed by atoms with E-state index in [1.807, 2.05) is 42.5 Å². The van der Waals surface area contributed by atoms with E-state index in [-0.39, 0.29) is 6.03 Å². The van der Waals surface area contributed by atoms with Crippen molar-refractivity contribution in [2.45, 2.75) is 33.1 Å². The third-order valence-electron chi connectivity index (χ3n) is 3.97. The highest BCUT2D eigenvalue weighted by Crippen LogP contribution is 2.23. The van der Waals surface area contributed by atoms with E-state index in [0.717, 1.165) is 35.5 Å². The summed E-state index contributed by atoms with van der Waals surface area (Å²) in [7, 11) is 0. The summed E-state index contributed by atoms with van der Waals surface area (Å²) in [6.07, 6.45) is 1.10. The van der Waals surface area contributed by atoms with Crippen molar-refractivity contribution in [3.8, 4) is 0 Å². The molecular formula is C19H23N3O2. The second-order valence-corrected chi connectivity index (χ2v) is 5.91. The molecule has 5 heteroatoms. The van der Waals surface area contributed by atoms with Gasteiger partial charge in [0.25, 0.3) is 0 Å². The predicted octanol–water partition coefficient (Wildman–Crippen LogP) is 3.86. The first-order chi connectivity index (χ1) is 11.7. The summed E-state index contributed by atoms with van der Waals surface area (Å²) in [6.45, 7) is 4.87. The maximum atomic E-state index is 12.0. The van der Waals surface area contributed by atoms with Gasteiger partial charge in [-0.05, 0) is 47.4 Å². The monoisotopic (exact) mass is 325 g/mol. The van der Waals surface area contributed by atoms with Crippen molar-refractivity contribution in [1.82, 2.24) is 5.32 Å². The van der Waals surface area contributed by atoms with Crippen LogP contribution in [0.2, 0.25) is 0 Å². The molecule has 0 unspecified atom stereocenters. The third-order valence-corrected chi connectivity index (χ3v) is 3.97. The van der Waals surface area contributed by atoms with Crippen molar-refractivity contribution in [2.24, 2.45) is 0 Å². The van der Waals surface area contributed by atoms with Gasteiger partial charge in [0.15, 0.2) is 0 Å². The van der Waals surface area contributed by atoms with Crippen LogP contribution in [-0.2, 0) is 24.5 Å². The summed E-state index contributed by atoms with van der Waals surface area (Å²) in [5, 5.41) is 9.07. The number of rotatable bonds is 6. The number of hydrogen-bond acceptors (Lipinski definition) is 3. The van der Waals surface area contributed by atoms with Gasteiger partial charge in [0.2, 0.25) is 0 Å². The molecule has 0 aromatic heterocycles. The summed E-state index contributed by atoms with van der Waals surface area (Å²) in [4.78, 5) is 12.0. The average molecular weight is 325 g/mol. The molecule has 0 radical (unpaired) electrons. The molecule has 1 heterocycles. The van der Waals surface area contributed by atoms with E-state index < -0.39 is 0 Å². The first-order valence-corrected chi connectivity index (χ1v) is 8.32. The lowest BCUT2D eigenvalue weighted by Gasteiger charge is -2.10. The van der Waals surface area contributed by atoms with Crippen LogP contribution in [0.5, 0.6) is 0 Å².